The standard InChI is InChI=1S/C20H27N5O4/c1-24(2)18-7-8-19(23-22-18)29-15-9-10-25(13-15)20(26)21-12-14-5-6-16(27-3)17(11-14)28-4/h5-8,11,15H,9-10,12-13H2,1-4H3,(H,21,26). The second-order valence-electron chi connectivity index (χ2n) is 6.95. The molecule has 0 spiro atoms. The van der Waals surface area contributed by atoms with Crippen LogP contribution in [0.1, 0.15) is 12.0 Å². The number of methoxy groups -OCH3 is 2. The normalized spacial score (nSPS) is 15.7. The number of aromatic nitrogens is 2. The zero-order valence-electron chi connectivity index (χ0n) is 17.2. The molecule has 0 bridgehead atoms. The van der Waals surface area contributed by atoms with Crippen LogP contribution in [-0.4, -0.2) is 68.6 Å². The summed E-state index contributed by atoms with van der Waals surface area (Å²) >= 11 is 0. The third-order valence-corrected chi connectivity index (χ3v) is 4.70. The minimum atomic E-state index is -0.125. The molecule has 1 aliphatic heterocycles. The highest BCUT2D eigenvalue weighted by molar-refractivity contribution is 5.74. The van der Waals surface area contributed by atoms with Gasteiger partial charge < -0.3 is 29.3 Å². The first-order valence-electron chi connectivity index (χ1n) is 9.41. The van der Waals surface area contributed by atoms with E-state index in [1.54, 1.807) is 25.2 Å². The number of hydrogen-bond acceptors (Lipinski definition) is 7. The van der Waals surface area contributed by atoms with Crippen LogP contribution in [0.3, 0.4) is 0 Å². The highest BCUT2D eigenvalue weighted by atomic mass is 16.5. The molecule has 1 saturated heterocycles. The van der Waals surface area contributed by atoms with Gasteiger partial charge in [-0.3, -0.25) is 0 Å². The van der Waals surface area contributed by atoms with E-state index < -0.39 is 0 Å². The fourth-order valence-corrected chi connectivity index (χ4v) is 3.07. The Kier molecular flexibility index (Phi) is 6.58. The number of benzene rings is 1. The molecule has 0 aliphatic carbocycles. The summed E-state index contributed by atoms with van der Waals surface area (Å²) in [5.41, 5.74) is 0.930. The van der Waals surface area contributed by atoms with E-state index in [0.29, 0.717) is 37.0 Å². The monoisotopic (exact) mass is 401 g/mol. The number of anilines is 1. The summed E-state index contributed by atoms with van der Waals surface area (Å²) in [5, 5.41) is 11.1. The molecular weight excluding hydrogens is 374 g/mol. The number of amides is 2. The van der Waals surface area contributed by atoms with Crippen LogP contribution in [0.2, 0.25) is 0 Å². The molecule has 1 aromatic carbocycles. The van der Waals surface area contributed by atoms with Crippen LogP contribution in [0.4, 0.5) is 10.6 Å². The third-order valence-electron chi connectivity index (χ3n) is 4.70. The molecule has 1 atom stereocenters. The maximum Gasteiger partial charge on any atom is 0.317 e. The average Bonchev–Trinajstić information content (AvgIpc) is 3.20. The van der Waals surface area contributed by atoms with Crippen LogP contribution < -0.4 is 24.4 Å². The zero-order chi connectivity index (χ0) is 20.8. The molecule has 2 aromatic rings. The molecule has 0 saturated carbocycles. The molecule has 156 valence electrons. The highest BCUT2D eigenvalue weighted by Gasteiger charge is 2.28. The molecule has 3 rings (SSSR count). The van der Waals surface area contributed by atoms with Gasteiger partial charge in [-0.05, 0) is 23.8 Å². The summed E-state index contributed by atoms with van der Waals surface area (Å²) in [6.07, 6.45) is 0.655. The van der Waals surface area contributed by atoms with Gasteiger partial charge in [0.1, 0.15) is 6.10 Å². The van der Waals surface area contributed by atoms with Crippen LogP contribution in [0, 0.1) is 0 Å². The van der Waals surface area contributed by atoms with Gasteiger partial charge in [-0.1, -0.05) is 6.07 Å². The van der Waals surface area contributed by atoms with Gasteiger partial charge in [-0.2, -0.15) is 0 Å². The van der Waals surface area contributed by atoms with E-state index >= 15 is 0 Å². The first-order chi connectivity index (χ1) is 14.0. The Morgan fingerprint density at radius 2 is 1.97 bits per heavy atom. The fraction of sp³-hybridized carbons (Fsp3) is 0.450. The van der Waals surface area contributed by atoms with Gasteiger partial charge in [-0.15, -0.1) is 10.2 Å². The van der Waals surface area contributed by atoms with Gasteiger partial charge in [0, 0.05) is 39.7 Å². The highest BCUT2D eigenvalue weighted by Crippen LogP contribution is 2.27. The van der Waals surface area contributed by atoms with E-state index in [9.17, 15) is 4.79 Å². The number of rotatable bonds is 7. The molecule has 2 heterocycles. The molecule has 1 unspecified atom stereocenters. The lowest BCUT2D eigenvalue weighted by Gasteiger charge is -2.18. The van der Waals surface area contributed by atoms with Gasteiger partial charge >= 0.3 is 6.03 Å². The van der Waals surface area contributed by atoms with Crippen molar-refractivity contribution in [2.75, 3.05) is 46.3 Å². The second kappa shape index (κ2) is 9.31. The maximum absolute atomic E-state index is 12.5. The summed E-state index contributed by atoms with van der Waals surface area (Å²) < 4.78 is 16.4. The number of nitrogens with zero attached hydrogens (tertiary/aromatic N) is 4. The van der Waals surface area contributed by atoms with Crippen molar-refractivity contribution in [2.45, 2.75) is 19.1 Å². The van der Waals surface area contributed by atoms with Gasteiger partial charge in [0.05, 0.1) is 20.8 Å². The Labute approximate surface area is 170 Å². The quantitative estimate of drug-likeness (QED) is 0.758. The van der Waals surface area contributed by atoms with Crippen molar-refractivity contribution < 1.29 is 19.0 Å². The molecule has 1 aromatic heterocycles. The Morgan fingerprint density at radius 1 is 1.17 bits per heavy atom. The molecule has 1 aliphatic rings. The van der Waals surface area contributed by atoms with Crippen molar-refractivity contribution in [1.29, 1.82) is 0 Å². The lowest BCUT2D eigenvalue weighted by molar-refractivity contribution is 0.182. The first-order valence-corrected chi connectivity index (χ1v) is 9.41. The predicted molar refractivity (Wildman–Crippen MR) is 109 cm³/mol. The number of hydrogen-bond donors (Lipinski definition) is 1. The molecule has 2 amide bonds. The Morgan fingerprint density at radius 3 is 2.62 bits per heavy atom. The van der Waals surface area contributed by atoms with E-state index in [1.807, 2.05) is 43.3 Å². The van der Waals surface area contributed by atoms with Crippen LogP contribution in [0.5, 0.6) is 17.4 Å². The summed E-state index contributed by atoms with van der Waals surface area (Å²) in [5.74, 6) is 2.52. The van der Waals surface area contributed by atoms with Crippen LogP contribution in [0.25, 0.3) is 0 Å². The lowest BCUT2D eigenvalue weighted by Crippen LogP contribution is -2.39. The minimum Gasteiger partial charge on any atom is -0.493 e. The van der Waals surface area contributed by atoms with Crippen molar-refractivity contribution in [2.24, 2.45) is 0 Å². The number of urea groups is 1. The van der Waals surface area contributed by atoms with E-state index in [0.717, 1.165) is 17.8 Å². The molecule has 0 radical (unpaired) electrons. The summed E-state index contributed by atoms with van der Waals surface area (Å²) in [4.78, 5) is 16.1. The molecule has 9 nitrogen and oxygen atoms in total. The first kappa shape index (κ1) is 20.5. The van der Waals surface area contributed by atoms with Crippen molar-refractivity contribution in [3.63, 3.8) is 0 Å². The van der Waals surface area contributed by atoms with Gasteiger partial charge in [-0.25, -0.2) is 4.79 Å². The molecule has 29 heavy (non-hydrogen) atoms. The average molecular weight is 401 g/mol. The van der Waals surface area contributed by atoms with E-state index in [2.05, 4.69) is 15.5 Å². The number of likely N-dealkylation sites (tertiary alicyclic amines) is 1. The Bertz CT molecular complexity index is 828. The minimum absolute atomic E-state index is 0.0960. The fourth-order valence-electron chi connectivity index (χ4n) is 3.07. The molecule has 1 fully saturated rings. The maximum atomic E-state index is 12.5. The number of nitrogens with one attached hydrogen (secondary N) is 1. The van der Waals surface area contributed by atoms with Crippen LogP contribution >= 0.6 is 0 Å². The SMILES string of the molecule is COc1ccc(CNC(=O)N2CCC(Oc3ccc(N(C)C)nn3)C2)cc1OC. The summed E-state index contributed by atoms with van der Waals surface area (Å²) in [6, 6.07) is 9.09. The Hall–Kier alpha value is -3.23. The Balaban J connectivity index is 1.49. The third kappa shape index (κ3) is 5.18. The largest absolute Gasteiger partial charge is 0.493 e. The van der Waals surface area contributed by atoms with E-state index in [-0.39, 0.29) is 12.1 Å². The van der Waals surface area contributed by atoms with Gasteiger partial charge in [0.2, 0.25) is 5.88 Å². The summed E-state index contributed by atoms with van der Waals surface area (Å²) in [6.45, 7) is 1.54. The molecule has 1 N–H and O–H groups in total. The lowest BCUT2D eigenvalue weighted by atomic mass is 10.2. The summed E-state index contributed by atoms with van der Waals surface area (Å²) in [7, 11) is 6.98. The van der Waals surface area contributed by atoms with Crippen molar-refractivity contribution in [3.05, 3.63) is 35.9 Å². The van der Waals surface area contributed by atoms with Crippen molar-refractivity contribution >= 4 is 11.8 Å². The van der Waals surface area contributed by atoms with E-state index in [4.69, 9.17) is 14.2 Å². The molecular formula is C20H27N5O4. The van der Waals surface area contributed by atoms with Gasteiger partial charge in [0.15, 0.2) is 17.3 Å². The molecule has 9 heteroatoms. The second-order valence-corrected chi connectivity index (χ2v) is 6.95. The van der Waals surface area contributed by atoms with E-state index in [1.165, 1.54) is 0 Å². The zero-order valence-corrected chi connectivity index (χ0v) is 17.2. The smallest absolute Gasteiger partial charge is 0.317 e. The topological polar surface area (TPSA) is 89.1 Å². The van der Waals surface area contributed by atoms with Crippen molar-refractivity contribution in [1.82, 2.24) is 20.4 Å². The van der Waals surface area contributed by atoms with Crippen LogP contribution in [0.15, 0.2) is 30.3 Å². The van der Waals surface area contributed by atoms with Crippen LogP contribution in [-0.2, 0) is 6.54 Å². The van der Waals surface area contributed by atoms with Gasteiger partial charge in [0.25, 0.3) is 0 Å². The number of carbonyl (C=O) groups excluding carboxylic acids is 1. The van der Waals surface area contributed by atoms with Crippen molar-refractivity contribution in [3.8, 4) is 17.4 Å². The number of carbonyl (C=O) groups is 1. The number of ether oxygens (including phenoxy) is 3. The predicted octanol–water partition coefficient (Wildman–Crippen LogP) is 1.92.